The second-order valence-corrected chi connectivity index (χ2v) is 7.51. The molecule has 0 saturated heterocycles. The van der Waals surface area contributed by atoms with Crippen molar-refractivity contribution in [3.05, 3.63) is 34.9 Å². The van der Waals surface area contributed by atoms with Gasteiger partial charge in [0.2, 0.25) is 5.91 Å². The molecule has 3 unspecified atom stereocenters. The monoisotopic (exact) mass is 333 g/mol. The molecule has 2 bridgehead atoms. The highest BCUT2D eigenvalue weighted by molar-refractivity contribution is 6.31. The SMILES string of the molecule is CC(Cc1ccccc1Cl)NC(=O)C1CC2CCCC(C1)C2=O. The summed E-state index contributed by atoms with van der Waals surface area (Å²) in [5.74, 6) is 0.754. The number of hydrogen-bond donors (Lipinski definition) is 1. The summed E-state index contributed by atoms with van der Waals surface area (Å²) in [6, 6.07) is 7.78. The Bertz CT molecular complexity index is 585. The number of hydrogen-bond acceptors (Lipinski definition) is 2. The average Bonchev–Trinajstić information content (AvgIpc) is 2.49. The first kappa shape index (κ1) is 16.5. The van der Waals surface area contributed by atoms with Crippen LogP contribution in [0.2, 0.25) is 5.02 Å². The third-order valence-electron chi connectivity index (χ3n) is 5.29. The predicted molar refractivity (Wildman–Crippen MR) is 91.3 cm³/mol. The number of ketones is 1. The molecule has 3 atom stereocenters. The summed E-state index contributed by atoms with van der Waals surface area (Å²) in [4.78, 5) is 24.7. The van der Waals surface area contributed by atoms with Crippen LogP contribution in [-0.4, -0.2) is 17.7 Å². The largest absolute Gasteiger partial charge is 0.353 e. The first-order valence-corrected chi connectivity index (χ1v) is 9.00. The van der Waals surface area contributed by atoms with Gasteiger partial charge in [-0.3, -0.25) is 9.59 Å². The predicted octanol–water partition coefficient (Wildman–Crippen LogP) is 3.78. The Balaban J connectivity index is 1.57. The maximum absolute atomic E-state index is 12.6. The lowest BCUT2D eigenvalue weighted by Gasteiger charge is -2.37. The zero-order valence-electron chi connectivity index (χ0n) is 13.6. The lowest BCUT2D eigenvalue weighted by atomic mass is 9.67. The Morgan fingerprint density at radius 2 is 1.91 bits per heavy atom. The Morgan fingerprint density at radius 3 is 2.57 bits per heavy atom. The smallest absolute Gasteiger partial charge is 0.223 e. The van der Waals surface area contributed by atoms with E-state index in [0.29, 0.717) is 5.78 Å². The molecule has 2 saturated carbocycles. The molecule has 0 heterocycles. The molecule has 0 aliphatic heterocycles. The van der Waals surface area contributed by atoms with Crippen molar-refractivity contribution in [2.75, 3.05) is 0 Å². The minimum atomic E-state index is -0.00306. The van der Waals surface area contributed by atoms with Crippen molar-refractivity contribution in [1.29, 1.82) is 0 Å². The second kappa shape index (κ2) is 7.04. The number of rotatable bonds is 4. The zero-order valence-corrected chi connectivity index (χ0v) is 14.3. The topological polar surface area (TPSA) is 46.2 Å². The third kappa shape index (κ3) is 3.77. The number of benzene rings is 1. The number of halogens is 1. The van der Waals surface area contributed by atoms with E-state index in [2.05, 4.69) is 5.32 Å². The molecule has 1 aromatic rings. The molecule has 0 radical (unpaired) electrons. The fourth-order valence-corrected chi connectivity index (χ4v) is 4.31. The van der Waals surface area contributed by atoms with E-state index in [0.717, 1.165) is 49.1 Å². The Hall–Kier alpha value is -1.35. The van der Waals surface area contributed by atoms with Crippen molar-refractivity contribution in [2.45, 2.75) is 51.5 Å². The fourth-order valence-electron chi connectivity index (χ4n) is 4.10. The maximum Gasteiger partial charge on any atom is 0.223 e. The Labute approximate surface area is 142 Å². The molecule has 0 aromatic heterocycles. The van der Waals surface area contributed by atoms with Crippen molar-refractivity contribution in [1.82, 2.24) is 5.32 Å². The molecule has 124 valence electrons. The summed E-state index contributed by atoms with van der Waals surface area (Å²) >= 11 is 6.18. The van der Waals surface area contributed by atoms with Crippen molar-refractivity contribution in [3.63, 3.8) is 0 Å². The van der Waals surface area contributed by atoms with Crippen LogP contribution in [-0.2, 0) is 16.0 Å². The summed E-state index contributed by atoms with van der Waals surface area (Å²) in [5, 5.41) is 3.86. The van der Waals surface area contributed by atoms with E-state index in [9.17, 15) is 9.59 Å². The van der Waals surface area contributed by atoms with Crippen molar-refractivity contribution >= 4 is 23.3 Å². The van der Waals surface area contributed by atoms with E-state index in [1.54, 1.807) is 0 Å². The van der Waals surface area contributed by atoms with Gasteiger partial charge in [-0.2, -0.15) is 0 Å². The van der Waals surface area contributed by atoms with Gasteiger partial charge in [-0.1, -0.05) is 36.2 Å². The van der Waals surface area contributed by atoms with Crippen LogP contribution in [0, 0.1) is 17.8 Å². The number of nitrogens with one attached hydrogen (secondary N) is 1. The third-order valence-corrected chi connectivity index (χ3v) is 5.66. The lowest BCUT2D eigenvalue weighted by Crippen LogP contribution is -2.45. The highest BCUT2D eigenvalue weighted by Crippen LogP contribution is 2.40. The van der Waals surface area contributed by atoms with E-state index in [1.165, 1.54) is 0 Å². The molecule has 1 N–H and O–H groups in total. The van der Waals surface area contributed by atoms with E-state index in [1.807, 2.05) is 31.2 Å². The van der Waals surface area contributed by atoms with Gasteiger partial charge < -0.3 is 5.32 Å². The van der Waals surface area contributed by atoms with Gasteiger partial charge in [-0.05, 0) is 50.7 Å². The van der Waals surface area contributed by atoms with Gasteiger partial charge in [0.25, 0.3) is 0 Å². The van der Waals surface area contributed by atoms with Crippen LogP contribution >= 0.6 is 11.6 Å². The van der Waals surface area contributed by atoms with Crippen molar-refractivity contribution in [3.8, 4) is 0 Å². The molecule has 4 heteroatoms. The summed E-state index contributed by atoms with van der Waals surface area (Å²) in [7, 11) is 0. The van der Waals surface area contributed by atoms with Gasteiger partial charge in [0, 0.05) is 28.8 Å². The van der Waals surface area contributed by atoms with Crippen LogP contribution < -0.4 is 5.32 Å². The van der Waals surface area contributed by atoms with E-state index in [-0.39, 0.29) is 29.7 Å². The maximum atomic E-state index is 12.6. The number of carbonyl (C=O) groups excluding carboxylic acids is 2. The first-order chi connectivity index (χ1) is 11.0. The molecule has 1 amide bonds. The number of fused-ring (bicyclic) bond motifs is 2. The summed E-state index contributed by atoms with van der Waals surface area (Å²) in [5.41, 5.74) is 1.05. The van der Waals surface area contributed by atoms with Crippen LogP contribution in [0.5, 0.6) is 0 Å². The summed E-state index contributed by atoms with van der Waals surface area (Å²) in [6.45, 7) is 2.01. The second-order valence-electron chi connectivity index (χ2n) is 7.10. The highest BCUT2D eigenvalue weighted by Gasteiger charge is 2.41. The zero-order chi connectivity index (χ0) is 16.4. The van der Waals surface area contributed by atoms with Gasteiger partial charge in [0.05, 0.1) is 0 Å². The molecule has 2 fully saturated rings. The van der Waals surface area contributed by atoms with Crippen molar-refractivity contribution in [2.24, 2.45) is 17.8 Å². The molecular weight excluding hydrogens is 310 g/mol. The van der Waals surface area contributed by atoms with E-state index >= 15 is 0 Å². The van der Waals surface area contributed by atoms with Crippen LogP contribution in [0.15, 0.2) is 24.3 Å². The fraction of sp³-hybridized carbons (Fsp3) is 0.579. The van der Waals surface area contributed by atoms with E-state index in [4.69, 9.17) is 11.6 Å². The van der Waals surface area contributed by atoms with E-state index < -0.39 is 0 Å². The minimum absolute atomic E-state index is 0.00306. The molecule has 3 rings (SSSR count). The standard InChI is InChI=1S/C19H24ClNO2/c1-12(9-13-5-2-3-8-17(13)20)21-19(23)16-10-14-6-4-7-15(11-16)18(14)22/h2-3,5,8,12,14-16H,4,6-7,9-11H2,1H3,(H,21,23). The van der Waals surface area contributed by atoms with Crippen LogP contribution in [0.4, 0.5) is 0 Å². The normalized spacial score (nSPS) is 28.3. The Kier molecular flexibility index (Phi) is 5.05. The van der Waals surface area contributed by atoms with Crippen LogP contribution in [0.3, 0.4) is 0 Å². The number of Topliss-reactive ketones (excluding diaryl/α,β-unsaturated/α-hetero) is 1. The summed E-state index contributed by atoms with van der Waals surface area (Å²) in [6.07, 6.45) is 5.27. The minimum Gasteiger partial charge on any atom is -0.353 e. The van der Waals surface area contributed by atoms with Crippen LogP contribution in [0.1, 0.15) is 44.6 Å². The molecule has 1 aromatic carbocycles. The average molecular weight is 334 g/mol. The van der Waals surface area contributed by atoms with Crippen LogP contribution in [0.25, 0.3) is 0 Å². The van der Waals surface area contributed by atoms with Gasteiger partial charge >= 0.3 is 0 Å². The van der Waals surface area contributed by atoms with Gasteiger partial charge in [0.15, 0.2) is 0 Å². The van der Waals surface area contributed by atoms with Crippen molar-refractivity contribution < 1.29 is 9.59 Å². The molecule has 23 heavy (non-hydrogen) atoms. The molecule has 3 nitrogen and oxygen atoms in total. The van der Waals surface area contributed by atoms with Gasteiger partial charge in [0.1, 0.15) is 5.78 Å². The summed E-state index contributed by atoms with van der Waals surface area (Å²) < 4.78 is 0. The molecule has 2 aliphatic rings. The number of amides is 1. The van der Waals surface area contributed by atoms with Gasteiger partial charge in [-0.25, -0.2) is 0 Å². The Morgan fingerprint density at radius 1 is 1.26 bits per heavy atom. The number of carbonyl (C=O) groups is 2. The lowest BCUT2D eigenvalue weighted by molar-refractivity contribution is -0.137. The quantitative estimate of drug-likeness (QED) is 0.911. The molecular formula is C19H24ClNO2. The first-order valence-electron chi connectivity index (χ1n) is 8.62. The molecule has 2 aliphatic carbocycles. The molecule has 0 spiro atoms. The highest BCUT2D eigenvalue weighted by atomic mass is 35.5. The van der Waals surface area contributed by atoms with Gasteiger partial charge in [-0.15, -0.1) is 0 Å².